The smallest absolute Gasteiger partial charge is 0.265 e. The van der Waals surface area contributed by atoms with Gasteiger partial charge in [0.25, 0.3) is 10.0 Å². The minimum absolute atomic E-state index is 0.0281. The van der Waals surface area contributed by atoms with Crippen LogP contribution in [-0.2, 0) is 16.6 Å². The van der Waals surface area contributed by atoms with E-state index >= 15 is 0 Å². The van der Waals surface area contributed by atoms with Gasteiger partial charge < -0.3 is 14.2 Å². The van der Waals surface area contributed by atoms with Crippen LogP contribution in [0.3, 0.4) is 0 Å². The number of aromatic nitrogens is 1. The first kappa shape index (κ1) is 23.1. The van der Waals surface area contributed by atoms with Gasteiger partial charge in [0.1, 0.15) is 28.8 Å². The Morgan fingerprint density at radius 3 is 2.24 bits per heavy atom. The highest BCUT2D eigenvalue weighted by atomic mass is 32.2. The summed E-state index contributed by atoms with van der Waals surface area (Å²) in [5, 5.41) is 0. The second kappa shape index (κ2) is 10.3. The Morgan fingerprint density at radius 2 is 1.53 bits per heavy atom. The van der Waals surface area contributed by atoms with Gasteiger partial charge in [-0.3, -0.25) is 9.71 Å². The van der Waals surface area contributed by atoms with Gasteiger partial charge in [0.15, 0.2) is 0 Å². The van der Waals surface area contributed by atoms with Crippen LogP contribution in [0.25, 0.3) is 11.1 Å². The van der Waals surface area contributed by atoms with E-state index in [2.05, 4.69) is 9.71 Å². The summed E-state index contributed by atoms with van der Waals surface area (Å²) in [4.78, 5) is 4.17. The molecule has 7 nitrogen and oxygen atoms in total. The van der Waals surface area contributed by atoms with E-state index < -0.39 is 10.0 Å². The van der Waals surface area contributed by atoms with E-state index in [1.54, 1.807) is 24.4 Å². The summed E-state index contributed by atoms with van der Waals surface area (Å²) in [6.07, 6.45) is 3.12. The molecule has 0 aliphatic heterocycles. The van der Waals surface area contributed by atoms with Crippen LogP contribution in [0.5, 0.6) is 17.2 Å². The molecular weight excluding hydrogens is 452 g/mol. The summed E-state index contributed by atoms with van der Waals surface area (Å²) in [6.45, 7) is 0.479. The first-order valence-corrected chi connectivity index (χ1v) is 11.9. The second-order valence-corrected chi connectivity index (χ2v) is 9.03. The zero-order valence-electron chi connectivity index (χ0n) is 18.8. The molecule has 0 unspecified atom stereocenters. The number of nitrogens with one attached hydrogen (secondary N) is 1. The number of hydrogen-bond donors (Lipinski definition) is 1. The molecule has 0 aliphatic carbocycles. The van der Waals surface area contributed by atoms with Crippen LogP contribution < -0.4 is 18.9 Å². The summed E-state index contributed by atoms with van der Waals surface area (Å²) in [7, 11) is -1.06. The predicted molar refractivity (Wildman–Crippen MR) is 131 cm³/mol. The highest BCUT2D eigenvalue weighted by molar-refractivity contribution is 7.92. The van der Waals surface area contributed by atoms with E-state index in [-0.39, 0.29) is 10.6 Å². The van der Waals surface area contributed by atoms with Gasteiger partial charge in [0.05, 0.1) is 26.1 Å². The summed E-state index contributed by atoms with van der Waals surface area (Å²) in [6, 6.07) is 23.8. The highest BCUT2D eigenvalue weighted by Crippen LogP contribution is 2.31. The quantitative estimate of drug-likeness (QED) is 0.360. The van der Waals surface area contributed by atoms with Crippen molar-refractivity contribution >= 4 is 15.7 Å². The maximum atomic E-state index is 13.0. The molecule has 8 heteroatoms. The lowest BCUT2D eigenvalue weighted by molar-refractivity contribution is 0.306. The van der Waals surface area contributed by atoms with Crippen molar-refractivity contribution in [3.05, 3.63) is 96.8 Å². The van der Waals surface area contributed by atoms with E-state index in [1.165, 1.54) is 26.5 Å². The second-order valence-electron chi connectivity index (χ2n) is 7.38. The lowest BCUT2D eigenvalue weighted by Gasteiger charge is -2.13. The first-order chi connectivity index (χ1) is 16.5. The van der Waals surface area contributed by atoms with Gasteiger partial charge in [-0.2, -0.15) is 0 Å². The van der Waals surface area contributed by atoms with Crippen LogP contribution in [0.15, 0.2) is 96.2 Å². The Kier molecular flexibility index (Phi) is 6.98. The van der Waals surface area contributed by atoms with Crippen LogP contribution >= 0.6 is 0 Å². The molecule has 4 aromatic rings. The number of methoxy groups -OCH3 is 2. The molecule has 0 fully saturated rings. The fourth-order valence-electron chi connectivity index (χ4n) is 3.34. The average molecular weight is 477 g/mol. The van der Waals surface area contributed by atoms with Crippen LogP contribution in [-0.4, -0.2) is 27.6 Å². The molecule has 3 aromatic carbocycles. The Labute approximate surface area is 199 Å². The molecule has 0 saturated heterocycles. The summed E-state index contributed by atoms with van der Waals surface area (Å²) in [5.74, 6) is 1.36. The molecule has 4 rings (SSSR count). The SMILES string of the molecule is COc1ccc(OC)c(S(=O)(=O)Nc2cncc(-c3ccc(OCc4ccccc4)cc3)c2)c1. The lowest BCUT2D eigenvalue weighted by Crippen LogP contribution is -2.14. The molecular formula is C26H24N2O5S. The van der Waals surface area contributed by atoms with Gasteiger partial charge in [-0.05, 0) is 41.5 Å². The molecule has 34 heavy (non-hydrogen) atoms. The van der Waals surface area contributed by atoms with Gasteiger partial charge >= 0.3 is 0 Å². The lowest BCUT2D eigenvalue weighted by atomic mass is 10.1. The summed E-state index contributed by atoms with van der Waals surface area (Å²) in [5.41, 5.74) is 3.04. The van der Waals surface area contributed by atoms with Crippen LogP contribution in [0.4, 0.5) is 5.69 Å². The van der Waals surface area contributed by atoms with Gasteiger partial charge in [0, 0.05) is 17.8 Å². The van der Waals surface area contributed by atoms with Crippen LogP contribution in [0.2, 0.25) is 0 Å². The normalized spacial score (nSPS) is 11.0. The van der Waals surface area contributed by atoms with Crippen molar-refractivity contribution in [2.75, 3.05) is 18.9 Å². The van der Waals surface area contributed by atoms with Gasteiger partial charge in [-0.25, -0.2) is 8.42 Å². The van der Waals surface area contributed by atoms with Crippen molar-refractivity contribution in [2.24, 2.45) is 0 Å². The molecule has 0 amide bonds. The topological polar surface area (TPSA) is 86.8 Å². The van der Waals surface area contributed by atoms with Crippen molar-refractivity contribution in [2.45, 2.75) is 11.5 Å². The number of ether oxygens (including phenoxy) is 3. The number of rotatable bonds is 9. The van der Waals surface area contributed by atoms with Crippen molar-refractivity contribution < 1.29 is 22.6 Å². The number of pyridine rings is 1. The molecule has 1 aromatic heterocycles. The van der Waals surface area contributed by atoms with Gasteiger partial charge in [-0.1, -0.05) is 42.5 Å². The Morgan fingerprint density at radius 1 is 0.794 bits per heavy atom. The molecule has 0 aliphatic rings. The molecule has 1 heterocycles. The van der Waals surface area contributed by atoms with Gasteiger partial charge in [0.2, 0.25) is 0 Å². The molecule has 0 radical (unpaired) electrons. The van der Waals surface area contributed by atoms with E-state index in [4.69, 9.17) is 14.2 Å². The average Bonchev–Trinajstić information content (AvgIpc) is 2.88. The molecule has 0 atom stereocenters. The van der Waals surface area contributed by atoms with Crippen LogP contribution in [0, 0.1) is 0 Å². The number of sulfonamides is 1. The molecule has 0 bridgehead atoms. The number of benzene rings is 3. The minimum atomic E-state index is -3.94. The predicted octanol–water partition coefficient (Wildman–Crippen LogP) is 5.15. The van der Waals surface area contributed by atoms with E-state index in [0.717, 1.165) is 22.4 Å². The largest absolute Gasteiger partial charge is 0.497 e. The third-order valence-corrected chi connectivity index (χ3v) is 6.49. The maximum absolute atomic E-state index is 13.0. The van der Waals surface area contributed by atoms with Crippen molar-refractivity contribution in [3.63, 3.8) is 0 Å². The fraction of sp³-hybridized carbons (Fsp3) is 0.115. The van der Waals surface area contributed by atoms with Gasteiger partial charge in [-0.15, -0.1) is 0 Å². The number of anilines is 1. The molecule has 0 saturated carbocycles. The molecule has 0 spiro atoms. The number of hydrogen-bond acceptors (Lipinski definition) is 6. The van der Waals surface area contributed by atoms with E-state index in [0.29, 0.717) is 18.0 Å². The van der Waals surface area contributed by atoms with Crippen molar-refractivity contribution in [1.82, 2.24) is 4.98 Å². The number of nitrogens with zero attached hydrogens (tertiary/aromatic N) is 1. The summed E-state index contributed by atoms with van der Waals surface area (Å²) < 4.78 is 44.9. The monoisotopic (exact) mass is 476 g/mol. The Hall–Kier alpha value is -4.04. The maximum Gasteiger partial charge on any atom is 0.265 e. The zero-order chi connectivity index (χ0) is 24.0. The zero-order valence-corrected chi connectivity index (χ0v) is 19.6. The molecule has 174 valence electrons. The minimum Gasteiger partial charge on any atom is -0.497 e. The summed E-state index contributed by atoms with van der Waals surface area (Å²) >= 11 is 0. The third kappa shape index (κ3) is 5.47. The highest BCUT2D eigenvalue weighted by Gasteiger charge is 2.21. The molecule has 1 N–H and O–H groups in total. The third-order valence-electron chi connectivity index (χ3n) is 5.09. The fourth-order valence-corrected chi connectivity index (χ4v) is 4.56. The van der Waals surface area contributed by atoms with Crippen molar-refractivity contribution in [3.8, 4) is 28.4 Å². The standard InChI is InChI=1S/C26H24N2O5S/c1-31-24-12-13-25(32-2)26(15-24)34(29,30)28-22-14-21(16-27-17-22)20-8-10-23(11-9-20)33-18-19-6-4-3-5-7-19/h3-17,28H,18H2,1-2H3. The van der Waals surface area contributed by atoms with E-state index in [9.17, 15) is 8.42 Å². The Balaban J connectivity index is 1.51. The van der Waals surface area contributed by atoms with Crippen molar-refractivity contribution in [1.29, 1.82) is 0 Å². The van der Waals surface area contributed by atoms with Crippen LogP contribution in [0.1, 0.15) is 5.56 Å². The Bertz CT molecular complexity index is 1360. The first-order valence-electron chi connectivity index (χ1n) is 10.5. The van der Waals surface area contributed by atoms with E-state index in [1.807, 2.05) is 54.6 Å².